The van der Waals surface area contributed by atoms with E-state index in [9.17, 15) is 8.42 Å². The van der Waals surface area contributed by atoms with Crippen LogP contribution in [0.1, 0.15) is 17.6 Å². The molecule has 1 unspecified atom stereocenters. The number of hydrogen-bond donors (Lipinski definition) is 2. The number of nitrogens with zero attached hydrogens (tertiary/aromatic N) is 1. The molecule has 0 fully saturated rings. The summed E-state index contributed by atoms with van der Waals surface area (Å²) in [6.07, 6.45) is 0.620. The molecule has 1 heterocycles. The van der Waals surface area contributed by atoms with Crippen LogP contribution in [0.5, 0.6) is 0 Å². The number of thiazole rings is 1. The highest BCUT2D eigenvalue weighted by atomic mass is 32.2. The highest BCUT2D eigenvalue weighted by Gasteiger charge is 2.18. The molecule has 16 heavy (non-hydrogen) atoms. The van der Waals surface area contributed by atoms with Crippen molar-refractivity contribution in [3.05, 3.63) is 16.1 Å². The van der Waals surface area contributed by atoms with Crippen molar-refractivity contribution in [3.63, 3.8) is 0 Å². The molecule has 1 aromatic rings. The van der Waals surface area contributed by atoms with Gasteiger partial charge in [-0.25, -0.2) is 18.1 Å². The minimum absolute atomic E-state index is 0.131. The van der Waals surface area contributed by atoms with Crippen molar-refractivity contribution in [2.75, 3.05) is 13.1 Å². The SMILES string of the molecule is Cc1csc(CCNS(=O)(=O)C(C)CN)n1. The van der Waals surface area contributed by atoms with Crippen molar-refractivity contribution in [2.45, 2.75) is 25.5 Å². The zero-order valence-electron chi connectivity index (χ0n) is 9.43. The normalized spacial score (nSPS) is 13.9. The Bertz CT molecular complexity index is 428. The zero-order chi connectivity index (χ0) is 12.2. The van der Waals surface area contributed by atoms with Crippen molar-refractivity contribution in [2.24, 2.45) is 5.73 Å². The molecule has 0 aliphatic rings. The van der Waals surface area contributed by atoms with Crippen molar-refractivity contribution < 1.29 is 8.42 Å². The van der Waals surface area contributed by atoms with Crippen LogP contribution in [0, 0.1) is 6.92 Å². The van der Waals surface area contributed by atoms with Crippen molar-refractivity contribution in [1.29, 1.82) is 0 Å². The van der Waals surface area contributed by atoms with Crippen LogP contribution in [0.3, 0.4) is 0 Å². The Morgan fingerprint density at radius 1 is 1.62 bits per heavy atom. The summed E-state index contributed by atoms with van der Waals surface area (Å²) in [5, 5.41) is 2.35. The van der Waals surface area contributed by atoms with Crippen molar-refractivity contribution in [3.8, 4) is 0 Å². The lowest BCUT2D eigenvalue weighted by molar-refractivity contribution is 0.569. The predicted octanol–water partition coefficient (Wildman–Crippen LogP) is 0.261. The zero-order valence-corrected chi connectivity index (χ0v) is 11.1. The molecule has 1 aromatic heterocycles. The first-order valence-corrected chi connectivity index (χ1v) is 7.48. The first kappa shape index (κ1) is 13.6. The second-order valence-electron chi connectivity index (χ2n) is 3.62. The lowest BCUT2D eigenvalue weighted by Gasteiger charge is -2.10. The van der Waals surface area contributed by atoms with Crippen LogP contribution in [0.4, 0.5) is 0 Å². The fraction of sp³-hybridized carbons (Fsp3) is 0.667. The van der Waals surface area contributed by atoms with E-state index in [1.165, 1.54) is 0 Å². The van der Waals surface area contributed by atoms with E-state index in [0.29, 0.717) is 13.0 Å². The third-order valence-corrected chi connectivity index (χ3v) is 5.06. The molecule has 0 saturated carbocycles. The van der Waals surface area contributed by atoms with E-state index in [4.69, 9.17) is 5.73 Å². The summed E-state index contributed by atoms with van der Waals surface area (Å²) in [6, 6.07) is 0. The fourth-order valence-electron chi connectivity index (χ4n) is 1.09. The van der Waals surface area contributed by atoms with Crippen LogP contribution in [0.2, 0.25) is 0 Å². The van der Waals surface area contributed by atoms with Crippen molar-refractivity contribution in [1.82, 2.24) is 9.71 Å². The minimum atomic E-state index is -3.27. The molecule has 7 heteroatoms. The topological polar surface area (TPSA) is 85.1 Å². The number of nitrogens with one attached hydrogen (secondary N) is 1. The summed E-state index contributed by atoms with van der Waals surface area (Å²) < 4.78 is 25.6. The van der Waals surface area contributed by atoms with Crippen LogP contribution in [-0.2, 0) is 16.4 Å². The molecule has 0 spiro atoms. The van der Waals surface area contributed by atoms with Gasteiger partial charge in [0.05, 0.1) is 10.3 Å². The standard InChI is InChI=1S/C9H17N3O2S2/c1-7-6-15-9(12-7)3-4-11-16(13,14)8(2)5-10/h6,8,11H,3-5,10H2,1-2H3. The quantitative estimate of drug-likeness (QED) is 0.771. The first-order valence-electron chi connectivity index (χ1n) is 5.05. The Labute approximate surface area is 100 Å². The molecule has 0 aromatic carbocycles. The first-order chi connectivity index (χ1) is 7.45. The molecule has 0 radical (unpaired) electrons. The number of aromatic nitrogens is 1. The summed E-state index contributed by atoms with van der Waals surface area (Å²) >= 11 is 1.54. The highest BCUT2D eigenvalue weighted by Crippen LogP contribution is 2.08. The minimum Gasteiger partial charge on any atom is -0.329 e. The Hall–Kier alpha value is -0.500. The monoisotopic (exact) mass is 263 g/mol. The van der Waals surface area contributed by atoms with Gasteiger partial charge in [0.2, 0.25) is 10.0 Å². The van der Waals surface area contributed by atoms with Crippen LogP contribution in [0.15, 0.2) is 5.38 Å². The number of rotatable bonds is 6. The van der Waals surface area contributed by atoms with Gasteiger partial charge in [-0.15, -0.1) is 11.3 Å². The predicted molar refractivity (Wildman–Crippen MR) is 66.0 cm³/mol. The Morgan fingerprint density at radius 3 is 2.81 bits per heavy atom. The van der Waals surface area contributed by atoms with Gasteiger partial charge in [-0.2, -0.15) is 0 Å². The van der Waals surface area contributed by atoms with Gasteiger partial charge in [-0.1, -0.05) is 0 Å². The molecule has 0 amide bonds. The Kier molecular flexibility index (Phi) is 4.85. The van der Waals surface area contributed by atoms with Gasteiger partial charge < -0.3 is 5.73 Å². The van der Waals surface area contributed by atoms with Gasteiger partial charge >= 0.3 is 0 Å². The highest BCUT2D eigenvalue weighted by molar-refractivity contribution is 7.90. The fourth-order valence-corrected chi connectivity index (χ4v) is 2.79. The molecule has 1 rings (SSSR count). The molecule has 0 bridgehead atoms. The van der Waals surface area contributed by atoms with Gasteiger partial charge in [0.25, 0.3) is 0 Å². The maximum atomic E-state index is 11.5. The number of sulfonamides is 1. The molecule has 5 nitrogen and oxygen atoms in total. The smallest absolute Gasteiger partial charge is 0.215 e. The van der Waals surface area contributed by atoms with Gasteiger partial charge in [-0.3, -0.25) is 0 Å². The van der Waals surface area contributed by atoms with Gasteiger partial charge in [0.15, 0.2) is 0 Å². The maximum Gasteiger partial charge on any atom is 0.215 e. The van der Waals surface area contributed by atoms with Crippen LogP contribution >= 0.6 is 11.3 Å². The van der Waals surface area contributed by atoms with Gasteiger partial charge in [-0.05, 0) is 13.8 Å². The lowest BCUT2D eigenvalue weighted by Crippen LogP contribution is -2.37. The van der Waals surface area contributed by atoms with E-state index < -0.39 is 15.3 Å². The van der Waals surface area contributed by atoms with E-state index in [-0.39, 0.29) is 6.54 Å². The molecule has 3 N–H and O–H groups in total. The van der Waals surface area contributed by atoms with E-state index in [1.54, 1.807) is 18.3 Å². The summed E-state index contributed by atoms with van der Waals surface area (Å²) in [5.41, 5.74) is 6.29. The summed E-state index contributed by atoms with van der Waals surface area (Å²) in [5.74, 6) is 0. The van der Waals surface area contributed by atoms with E-state index >= 15 is 0 Å². The molecule has 0 saturated heterocycles. The van der Waals surface area contributed by atoms with E-state index in [0.717, 1.165) is 10.7 Å². The molecule has 0 aliphatic carbocycles. The maximum absolute atomic E-state index is 11.5. The molecule has 0 aliphatic heterocycles. The molecule has 92 valence electrons. The summed E-state index contributed by atoms with van der Waals surface area (Å²) in [7, 11) is -3.27. The Balaban J connectivity index is 2.41. The number of hydrogen-bond acceptors (Lipinski definition) is 5. The second-order valence-corrected chi connectivity index (χ2v) is 6.74. The largest absolute Gasteiger partial charge is 0.329 e. The lowest BCUT2D eigenvalue weighted by atomic mass is 10.4. The molecular weight excluding hydrogens is 246 g/mol. The van der Waals surface area contributed by atoms with E-state index in [1.807, 2.05) is 12.3 Å². The van der Waals surface area contributed by atoms with Crippen molar-refractivity contribution >= 4 is 21.4 Å². The third-order valence-electron chi connectivity index (χ3n) is 2.17. The third kappa shape index (κ3) is 3.82. The molecule has 1 atom stereocenters. The summed E-state index contributed by atoms with van der Waals surface area (Å²) in [4.78, 5) is 4.25. The van der Waals surface area contributed by atoms with Gasteiger partial charge in [0, 0.05) is 30.6 Å². The summed E-state index contributed by atoms with van der Waals surface area (Å²) in [6.45, 7) is 4.02. The van der Waals surface area contributed by atoms with Crippen LogP contribution in [-0.4, -0.2) is 31.7 Å². The second kappa shape index (κ2) is 5.72. The Morgan fingerprint density at radius 2 is 2.31 bits per heavy atom. The van der Waals surface area contributed by atoms with Crippen LogP contribution in [0.25, 0.3) is 0 Å². The van der Waals surface area contributed by atoms with E-state index in [2.05, 4.69) is 9.71 Å². The number of aryl methyl sites for hydroxylation is 1. The average molecular weight is 263 g/mol. The average Bonchev–Trinajstić information content (AvgIpc) is 2.62. The molecular formula is C9H17N3O2S2. The van der Waals surface area contributed by atoms with Gasteiger partial charge in [0.1, 0.15) is 0 Å². The van der Waals surface area contributed by atoms with Crippen LogP contribution < -0.4 is 10.5 Å². The number of nitrogens with two attached hydrogens (primary N) is 1.